The molecule has 0 aliphatic carbocycles. The van der Waals surface area contributed by atoms with Crippen molar-refractivity contribution in [1.29, 1.82) is 0 Å². The van der Waals surface area contributed by atoms with Gasteiger partial charge in [-0.2, -0.15) is 9.50 Å². The SMILES string of the molecule is Cc1cc(N2CCOCC2)nc(N2CCN(c3ccc4nncn4n3)CC2)n1. The van der Waals surface area contributed by atoms with Crippen LogP contribution in [0.3, 0.4) is 0 Å². The molecule has 2 aliphatic heterocycles. The molecule has 0 N–H and O–H groups in total. The summed E-state index contributed by atoms with van der Waals surface area (Å²) >= 11 is 0. The first-order valence-electron chi connectivity index (χ1n) is 9.62. The number of rotatable bonds is 3. The minimum Gasteiger partial charge on any atom is -0.378 e. The minimum atomic E-state index is 0.751. The second-order valence-corrected chi connectivity index (χ2v) is 7.07. The van der Waals surface area contributed by atoms with Gasteiger partial charge in [-0.25, -0.2) is 4.98 Å². The Kier molecular flexibility index (Phi) is 4.40. The molecular formula is C18H23N9O. The number of hydrogen-bond donors (Lipinski definition) is 0. The van der Waals surface area contributed by atoms with Crippen LogP contribution in [0.25, 0.3) is 5.65 Å². The monoisotopic (exact) mass is 381 g/mol. The van der Waals surface area contributed by atoms with E-state index in [1.165, 1.54) is 0 Å². The van der Waals surface area contributed by atoms with Crippen molar-refractivity contribution in [3.8, 4) is 0 Å². The van der Waals surface area contributed by atoms with Crippen LogP contribution >= 0.6 is 0 Å². The second kappa shape index (κ2) is 7.19. The highest BCUT2D eigenvalue weighted by molar-refractivity contribution is 5.49. The van der Waals surface area contributed by atoms with Gasteiger partial charge in [0.15, 0.2) is 5.65 Å². The topological polar surface area (TPSA) is 87.8 Å². The van der Waals surface area contributed by atoms with E-state index in [9.17, 15) is 0 Å². The highest BCUT2D eigenvalue weighted by Crippen LogP contribution is 2.21. The molecule has 28 heavy (non-hydrogen) atoms. The Balaban J connectivity index is 1.30. The Labute approximate surface area is 162 Å². The van der Waals surface area contributed by atoms with Crippen molar-refractivity contribution in [3.63, 3.8) is 0 Å². The smallest absolute Gasteiger partial charge is 0.227 e. The van der Waals surface area contributed by atoms with Gasteiger partial charge in [0.2, 0.25) is 5.95 Å². The average molecular weight is 381 g/mol. The Morgan fingerprint density at radius 1 is 0.857 bits per heavy atom. The molecule has 5 heterocycles. The van der Waals surface area contributed by atoms with E-state index < -0.39 is 0 Å². The first-order valence-corrected chi connectivity index (χ1v) is 9.62. The van der Waals surface area contributed by atoms with Crippen molar-refractivity contribution in [2.75, 3.05) is 67.2 Å². The van der Waals surface area contributed by atoms with Crippen molar-refractivity contribution >= 4 is 23.2 Å². The number of aromatic nitrogens is 6. The van der Waals surface area contributed by atoms with E-state index in [1.54, 1.807) is 10.8 Å². The summed E-state index contributed by atoms with van der Waals surface area (Å²) in [6.07, 6.45) is 1.63. The number of piperazine rings is 1. The average Bonchev–Trinajstić information content (AvgIpc) is 3.22. The molecule has 10 heteroatoms. The summed E-state index contributed by atoms with van der Waals surface area (Å²) in [5.41, 5.74) is 1.75. The van der Waals surface area contributed by atoms with Crippen LogP contribution in [0.2, 0.25) is 0 Å². The van der Waals surface area contributed by atoms with Crippen molar-refractivity contribution in [1.82, 2.24) is 29.8 Å². The molecule has 0 saturated carbocycles. The van der Waals surface area contributed by atoms with Gasteiger partial charge in [-0.3, -0.25) is 0 Å². The van der Waals surface area contributed by atoms with Gasteiger partial charge in [0.05, 0.1) is 13.2 Å². The molecule has 5 rings (SSSR count). The zero-order valence-electron chi connectivity index (χ0n) is 15.9. The van der Waals surface area contributed by atoms with Gasteiger partial charge in [-0.05, 0) is 19.1 Å². The third kappa shape index (κ3) is 3.31. The molecular weight excluding hydrogens is 358 g/mol. The molecule has 0 aromatic carbocycles. The van der Waals surface area contributed by atoms with E-state index in [4.69, 9.17) is 9.72 Å². The number of ether oxygens (including phenoxy) is 1. The van der Waals surface area contributed by atoms with Gasteiger partial charge >= 0.3 is 0 Å². The van der Waals surface area contributed by atoms with E-state index in [-0.39, 0.29) is 0 Å². The number of hydrogen-bond acceptors (Lipinski definition) is 9. The summed E-state index contributed by atoms with van der Waals surface area (Å²) in [6.45, 7) is 8.73. The molecule has 146 valence electrons. The number of aryl methyl sites for hydroxylation is 1. The van der Waals surface area contributed by atoms with Gasteiger partial charge < -0.3 is 19.4 Å². The standard InChI is InChI=1S/C18H23N9O/c1-14-12-17(25-8-10-28-11-9-25)21-18(20-14)26-6-4-24(5-7-26)16-3-2-15-22-19-13-27(15)23-16/h2-3,12-13H,4-11H2,1H3. The van der Waals surface area contributed by atoms with Crippen LogP contribution < -0.4 is 14.7 Å². The first kappa shape index (κ1) is 17.1. The predicted octanol–water partition coefficient (Wildman–Crippen LogP) is 0.386. The Morgan fingerprint density at radius 2 is 1.61 bits per heavy atom. The predicted molar refractivity (Wildman–Crippen MR) is 105 cm³/mol. The van der Waals surface area contributed by atoms with Gasteiger partial charge in [0.25, 0.3) is 0 Å². The lowest BCUT2D eigenvalue weighted by molar-refractivity contribution is 0.122. The Morgan fingerprint density at radius 3 is 2.43 bits per heavy atom. The normalized spacial score (nSPS) is 18.1. The number of morpholine rings is 1. The van der Waals surface area contributed by atoms with Crippen LogP contribution in [0.15, 0.2) is 24.5 Å². The lowest BCUT2D eigenvalue weighted by atomic mass is 10.3. The minimum absolute atomic E-state index is 0.751. The summed E-state index contributed by atoms with van der Waals surface area (Å²) in [5.74, 6) is 2.74. The second-order valence-electron chi connectivity index (χ2n) is 7.07. The summed E-state index contributed by atoms with van der Waals surface area (Å²) in [6, 6.07) is 6.00. The van der Waals surface area contributed by atoms with E-state index >= 15 is 0 Å². The van der Waals surface area contributed by atoms with Gasteiger partial charge in [-0.1, -0.05) is 0 Å². The molecule has 2 saturated heterocycles. The van der Waals surface area contributed by atoms with E-state index in [0.29, 0.717) is 0 Å². The lowest BCUT2D eigenvalue weighted by Crippen LogP contribution is -2.47. The number of anilines is 3. The fourth-order valence-electron chi connectivity index (χ4n) is 3.66. The van der Waals surface area contributed by atoms with Crippen molar-refractivity contribution in [2.45, 2.75) is 6.92 Å². The first-order chi connectivity index (χ1) is 13.8. The van der Waals surface area contributed by atoms with Crippen molar-refractivity contribution in [2.24, 2.45) is 0 Å². The lowest BCUT2D eigenvalue weighted by Gasteiger charge is -2.36. The van der Waals surface area contributed by atoms with Crippen molar-refractivity contribution in [3.05, 3.63) is 30.2 Å². The summed E-state index contributed by atoms with van der Waals surface area (Å²) < 4.78 is 7.17. The van der Waals surface area contributed by atoms with Gasteiger partial charge in [-0.15, -0.1) is 15.3 Å². The van der Waals surface area contributed by atoms with Crippen molar-refractivity contribution < 1.29 is 4.74 Å². The Bertz CT molecular complexity index is 961. The molecule has 0 atom stereocenters. The molecule has 0 spiro atoms. The zero-order chi connectivity index (χ0) is 18.9. The van der Waals surface area contributed by atoms with Crippen LogP contribution in [0, 0.1) is 6.92 Å². The maximum absolute atomic E-state index is 5.46. The molecule has 3 aromatic heterocycles. The van der Waals surface area contributed by atoms with Crippen LogP contribution in [-0.4, -0.2) is 82.3 Å². The van der Waals surface area contributed by atoms with Crippen LogP contribution in [0.1, 0.15) is 5.69 Å². The van der Waals surface area contributed by atoms with Crippen LogP contribution in [0.4, 0.5) is 17.6 Å². The maximum atomic E-state index is 5.46. The third-order valence-electron chi connectivity index (χ3n) is 5.20. The van der Waals surface area contributed by atoms with E-state index in [2.05, 4.69) is 41.0 Å². The van der Waals surface area contributed by atoms with Crippen LogP contribution in [0.5, 0.6) is 0 Å². The largest absolute Gasteiger partial charge is 0.378 e. The van der Waals surface area contributed by atoms with E-state index in [0.717, 1.165) is 81.4 Å². The fourth-order valence-corrected chi connectivity index (χ4v) is 3.66. The summed E-state index contributed by atoms with van der Waals surface area (Å²) in [5, 5.41) is 12.5. The van der Waals surface area contributed by atoms with E-state index in [1.807, 2.05) is 19.1 Å². The third-order valence-corrected chi connectivity index (χ3v) is 5.20. The van der Waals surface area contributed by atoms with Crippen LogP contribution in [-0.2, 0) is 4.74 Å². The number of fused-ring (bicyclic) bond motifs is 1. The molecule has 2 aliphatic rings. The molecule has 0 unspecified atom stereocenters. The highest BCUT2D eigenvalue weighted by Gasteiger charge is 2.22. The van der Waals surface area contributed by atoms with Gasteiger partial charge in [0, 0.05) is 51.0 Å². The molecule has 0 bridgehead atoms. The fraction of sp³-hybridized carbons (Fsp3) is 0.500. The highest BCUT2D eigenvalue weighted by atomic mass is 16.5. The van der Waals surface area contributed by atoms with Gasteiger partial charge in [0.1, 0.15) is 18.0 Å². The molecule has 0 amide bonds. The zero-order valence-corrected chi connectivity index (χ0v) is 15.9. The molecule has 2 fully saturated rings. The summed E-state index contributed by atoms with van der Waals surface area (Å²) in [4.78, 5) is 16.3. The maximum Gasteiger partial charge on any atom is 0.227 e. The molecule has 3 aromatic rings. The quantitative estimate of drug-likeness (QED) is 0.639. The summed E-state index contributed by atoms with van der Waals surface area (Å²) in [7, 11) is 0. The number of nitrogens with zero attached hydrogens (tertiary/aromatic N) is 9. The molecule has 10 nitrogen and oxygen atoms in total. The molecule has 0 radical (unpaired) electrons. The Hall–Kier alpha value is -3.01.